The van der Waals surface area contributed by atoms with Crippen molar-refractivity contribution in [2.75, 3.05) is 19.6 Å². The minimum absolute atomic E-state index is 0.0239. The minimum atomic E-state index is -0.365. The normalized spacial score (nSPS) is 21.0. The molecule has 0 saturated carbocycles. The van der Waals surface area contributed by atoms with Crippen LogP contribution in [0.1, 0.15) is 50.9 Å². The van der Waals surface area contributed by atoms with Crippen molar-refractivity contribution in [1.82, 2.24) is 25.5 Å². The van der Waals surface area contributed by atoms with Gasteiger partial charge in [-0.15, -0.1) is 12.3 Å². The first-order valence-electron chi connectivity index (χ1n) is 9.74. The summed E-state index contributed by atoms with van der Waals surface area (Å²) in [5.41, 5.74) is 1.65. The molecule has 1 aromatic rings. The Bertz CT molecular complexity index is 725. The molecule has 0 aromatic carbocycles. The highest BCUT2D eigenvalue weighted by Gasteiger charge is 2.46. The molecule has 1 aromatic heterocycles. The summed E-state index contributed by atoms with van der Waals surface area (Å²) >= 11 is 0. The van der Waals surface area contributed by atoms with E-state index in [0.29, 0.717) is 44.8 Å². The van der Waals surface area contributed by atoms with Crippen LogP contribution in [0.25, 0.3) is 0 Å². The zero-order valence-corrected chi connectivity index (χ0v) is 16.2. The summed E-state index contributed by atoms with van der Waals surface area (Å²) < 4.78 is 0. The second-order valence-corrected chi connectivity index (χ2v) is 7.94. The number of nitrogens with zero attached hydrogens (tertiary/aromatic N) is 2. The molecule has 7 nitrogen and oxygen atoms in total. The molecule has 0 radical (unpaired) electrons. The van der Waals surface area contributed by atoms with Crippen LogP contribution >= 0.6 is 0 Å². The molecule has 1 spiro atoms. The van der Waals surface area contributed by atoms with Crippen LogP contribution in [-0.4, -0.2) is 52.4 Å². The van der Waals surface area contributed by atoms with E-state index in [1.807, 2.05) is 4.90 Å². The standard InChI is InChI=1S/C20H29N5O2/c1-4-5-6-17(26)25-9-7-20(8-10-25)18-15(22-13-23-18)11-16(24-20)19(27)21-12-14(2)3/h1,13-14,16,24H,5-12H2,2-3H3,(H,21,27)(H,22,23)/t16-/m0/s1. The van der Waals surface area contributed by atoms with E-state index in [1.54, 1.807) is 6.33 Å². The van der Waals surface area contributed by atoms with Gasteiger partial charge in [0.25, 0.3) is 0 Å². The molecule has 146 valence electrons. The summed E-state index contributed by atoms with van der Waals surface area (Å²) in [7, 11) is 0. The molecule has 2 aliphatic heterocycles. The molecule has 3 heterocycles. The van der Waals surface area contributed by atoms with E-state index in [-0.39, 0.29) is 23.4 Å². The Morgan fingerprint density at radius 2 is 2.19 bits per heavy atom. The summed E-state index contributed by atoms with van der Waals surface area (Å²) in [5.74, 6) is 3.06. The predicted octanol–water partition coefficient (Wildman–Crippen LogP) is 0.927. The fraction of sp³-hybridized carbons (Fsp3) is 0.650. The zero-order chi connectivity index (χ0) is 19.4. The van der Waals surface area contributed by atoms with Gasteiger partial charge in [-0.3, -0.25) is 14.9 Å². The molecule has 1 saturated heterocycles. The van der Waals surface area contributed by atoms with Gasteiger partial charge >= 0.3 is 0 Å². The zero-order valence-electron chi connectivity index (χ0n) is 16.2. The van der Waals surface area contributed by atoms with Gasteiger partial charge in [-0.05, 0) is 18.8 Å². The van der Waals surface area contributed by atoms with Crippen molar-refractivity contribution in [3.05, 3.63) is 17.7 Å². The number of likely N-dealkylation sites (tertiary alicyclic amines) is 1. The van der Waals surface area contributed by atoms with Gasteiger partial charge in [0.15, 0.2) is 0 Å². The van der Waals surface area contributed by atoms with Gasteiger partial charge in [-0.2, -0.15) is 0 Å². The first-order chi connectivity index (χ1) is 12.9. The molecule has 0 aliphatic carbocycles. The summed E-state index contributed by atoms with van der Waals surface area (Å²) in [6, 6.07) is -0.291. The third-order valence-electron chi connectivity index (χ3n) is 5.48. The van der Waals surface area contributed by atoms with Crippen molar-refractivity contribution in [1.29, 1.82) is 0 Å². The number of hydrogen-bond donors (Lipinski definition) is 3. The summed E-state index contributed by atoms with van der Waals surface area (Å²) in [4.78, 5) is 34.6. The minimum Gasteiger partial charge on any atom is -0.354 e. The summed E-state index contributed by atoms with van der Waals surface area (Å²) in [6.07, 6.45) is 9.91. The van der Waals surface area contributed by atoms with Crippen molar-refractivity contribution in [3.8, 4) is 12.3 Å². The van der Waals surface area contributed by atoms with Gasteiger partial charge in [0, 0.05) is 44.6 Å². The van der Waals surface area contributed by atoms with E-state index in [1.165, 1.54) is 0 Å². The van der Waals surface area contributed by atoms with E-state index < -0.39 is 0 Å². The second kappa shape index (κ2) is 8.13. The fourth-order valence-electron chi connectivity index (χ4n) is 3.99. The molecule has 1 atom stereocenters. The molecule has 3 rings (SSSR count). The number of rotatable bonds is 5. The molecular weight excluding hydrogens is 342 g/mol. The molecular formula is C20H29N5O2. The number of imidazole rings is 1. The van der Waals surface area contributed by atoms with E-state index >= 15 is 0 Å². The van der Waals surface area contributed by atoms with Crippen LogP contribution in [0.4, 0.5) is 0 Å². The molecule has 3 N–H and O–H groups in total. The number of terminal acetylenes is 1. The molecule has 27 heavy (non-hydrogen) atoms. The highest BCUT2D eigenvalue weighted by atomic mass is 16.2. The summed E-state index contributed by atoms with van der Waals surface area (Å²) in [5, 5.41) is 6.60. The maximum atomic E-state index is 12.7. The number of piperidine rings is 1. The Morgan fingerprint density at radius 3 is 2.85 bits per heavy atom. The number of aromatic nitrogens is 2. The first-order valence-corrected chi connectivity index (χ1v) is 9.74. The number of fused-ring (bicyclic) bond motifs is 2. The van der Waals surface area contributed by atoms with E-state index in [4.69, 9.17) is 6.42 Å². The third-order valence-corrected chi connectivity index (χ3v) is 5.48. The number of carbonyl (C=O) groups is 2. The quantitative estimate of drug-likeness (QED) is 0.672. The topological polar surface area (TPSA) is 90.1 Å². The van der Waals surface area contributed by atoms with Crippen LogP contribution in [0, 0.1) is 18.3 Å². The fourth-order valence-corrected chi connectivity index (χ4v) is 3.99. The molecule has 7 heteroatoms. The van der Waals surface area contributed by atoms with Crippen LogP contribution < -0.4 is 10.6 Å². The van der Waals surface area contributed by atoms with Crippen LogP contribution in [0.2, 0.25) is 0 Å². The number of aromatic amines is 1. The lowest BCUT2D eigenvalue weighted by atomic mass is 9.78. The predicted molar refractivity (Wildman–Crippen MR) is 103 cm³/mol. The average Bonchev–Trinajstić information content (AvgIpc) is 3.14. The monoisotopic (exact) mass is 371 g/mol. The highest BCUT2D eigenvalue weighted by Crippen LogP contribution is 2.37. The lowest BCUT2D eigenvalue weighted by Crippen LogP contribution is -2.62. The highest BCUT2D eigenvalue weighted by molar-refractivity contribution is 5.82. The van der Waals surface area contributed by atoms with Crippen molar-refractivity contribution >= 4 is 11.8 Å². The number of carbonyl (C=O) groups excluding carboxylic acids is 2. The number of H-pyrrole nitrogens is 1. The van der Waals surface area contributed by atoms with Crippen LogP contribution in [0.3, 0.4) is 0 Å². The lowest BCUT2D eigenvalue weighted by Gasteiger charge is -2.46. The third kappa shape index (κ3) is 4.16. The van der Waals surface area contributed by atoms with Crippen LogP contribution in [-0.2, 0) is 21.5 Å². The summed E-state index contributed by atoms with van der Waals surface area (Å²) in [6.45, 7) is 6.11. The molecule has 1 fully saturated rings. The van der Waals surface area contributed by atoms with Crippen LogP contribution in [0.5, 0.6) is 0 Å². The Balaban J connectivity index is 1.70. The SMILES string of the molecule is C#CCCC(=O)N1CCC2(CC1)N[C@H](C(=O)NCC(C)C)Cc1[nH]cnc12. The molecule has 2 amide bonds. The molecule has 0 unspecified atom stereocenters. The van der Waals surface area contributed by atoms with E-state index in [2.05, 4.69) is 40.4 Å². The number of hydrogen-bond acceptors (Lipinski definition) is 4. The van der Waals surface area contributed by atoms with Crippen molar-refractivity contribution < 1.29 is 9.59 Å². The largest absolute Gasteiger partial charge is 0.354 e. The van der Waals surface area contributed by atoms with Gasteiger partial charge < -0.3 is 15.2 Å². The maximum Gasteiger partial charge on any atom is 0.237 e. The van der Waals surface area contributed by atoms with Gasteiger partial charge in [0.2, 0.25) is 11.8 Å². The Kier molecular flexibility index (Phi) is 5.85. The number of amides is 2. The Labute approximate surface area is 160 Å². The van der Waals surface area contributed by atoms with E-state index in [0.717, 1.165) is 24.2 Å². The van der Waals surface area contributed by atoms with Gasteiger partial charge in [0.1, 0.15) is 0 Å². The van der Waals surface area contributed by atoms with Crippen molar-refractivity contribution in [2.45, 2.75) is 57.5 Å². The van der Waals surface area contributed by atoms with Gasteiger partial charge in [-0.1, -0.05) is 13.8 Å². The van der Waals surface area contributed by atoms with Crippen molar-refractivity contribution in [2.24, 2.45) is 5.92 Å². The van der Waals surface area contributed by atoms with Gasteiger partial charge in [-0.25, -0.2) is 4.98 Å². The smallest absolute Gasteiger partial charge is 0.237 e. The van der Waals surface area contributed by atoms with Gasteiger partial charge in [0.05, 0.1) is 23.6 Å². The Hall–Kier alpha value is -2.33. The number of nitrogens with one attached hydrogen (secondary N) is 3. The maximum absolute atomic E-state index is 12.7. The molecule has 2 aliphatic rings. The average molecular weight is 371 g/mol. The lowest BCUT2D eigenvalue weighted by molar-refractivity contribution is -0.133. The van der Waals surface area contributed by atoms with Crippen molar-refractivity contribution in [3.63, 3.8) is 0 Å². The Morgan fingerprint density at radius 1 is 1.44 bits per heavy atom. The first kappa shape index (κ1) is 19.4. The molecule has 0 bridgehead atoms. The van der Waals surface area contributed by atoms with Crippen LogP contribution in [0.15, 0.2) is 6.33 Å². The second-order valence-electron chi connectivity index (χ2n) is 7.94. The van der Waals surface area contributed by atoms with E-state index in [9.17, 15) is 9.59 Å².